The molecular weight excluding hydrogens is 326 g/mol. The number of ketones is 1. The lowest BCUT2D eigenvalue weighted by molar-refractivity contribution is 0.0936. The first-order chi connectivity index (χ1) is 9.20. The summed E-state index contributed by atoms with van der Waals surface area (Å²) in [5.74, 6) is 3.26. The van der Waals surface area contributed by atoms with Gasteiger partial charge >= 0.3 is 0 Å². The van der Waals surface area contributed by atoms with Crippen LogP contribution in [0.25, 0.3) is 0 Å². The third-order valence-corrected chi connectivity index (χ3v) is 4.82. The van der Waals surface area contributed by atoms with Gasteiger partial charge in [-0.1, -0.05) is 0 Å². The van der Waals surface area contributed by atoms with Gasteiger partial charge in [-0.2, -0.15) is 11.8 Å². The fourth-order valence-electron chi connectivity index (χ4n) is 2.09. The minimum absolute atomic E-state index is 0.176. The van der Waals surface area contributed by atoms with E-state index < -0.39 is 0 Å². The molecule has 1 aromatic carbocycles. The number of carbonyl (C=O) groups excluding carboxylic acids is 1. The van der Waals surface area contributed by atoms with Gasteiger partial charge in [0.05, 0.1) is 18.1 Å². The molecule has 0 amide bonds. The van der Waals surface area contributed by atoms with Crippen LogP contribution in [-0.2, 0) is 0 Å². The number of rotatable bonds is 4. The van der Waals surface area contributed by atoms with Crippen molar-refractivity contribution in [2.24, 2.45) is 0 Å². The molecule has 19 heavy (non-hydrogen) atoms. The van der Waals surface area contributed by atoms with E-state index >= 15 is 0 Å². The SMILES string of the molecule is COc1ccc(C(=O)CN2CCCSCC2)cc1Br. The molecule has 1 heterocycles. The maximum absolute atomic E-state index is 12.3. The number of hydrogen-bond acceptors (Lipinski definition) is 4. The normalized spacial score (nSPS) is 16.9. The number of benzene rings is 1. The third kappa shape index (κ3) is 4.23. The Hall–Kier alpha value is -0.520. The smallest absolute Gasteiger partial charge is 0.176 e. The summed E-state index contributed by atoms with van der Waals surface area (Å²) in [6, 6.07) is 5.50. The molecule has 0 saturated carbocycles. The number of thioether (sulfide) groups is 1. The Morgan fingerprint density at radius 2 is 2.26 bits per heavy atom. The van der Waals surface area contributed by atoms with Gasteiger partial charge < -0.3 is 4.74 Å². The minimum atomic E-state index is 0.176. The number of ether oxygens (including phenoxy) is 1. The Balaban J connectivity index is 2.00. The zero-order chi connectivity index (χ0) is 13.7. The van der Waals surface area contributed by atoms with Crippen LogP contribution in [0.15, 0.2) is 22.7 Å². The van der Waals surface area contributed by atoms with E-state index in [1.54, 1.807) is 7.11 Å². The van der Waals surface area contributed by atoms with Gasteiger partial charge in [0.2, 0.25) is 0 Å². The van der Waals surface area contributed by atoms with Gasteiger partial charge in [-0.3, -0.25) is 9.69 Å². The molecule has 0 bridgehead atoms. The Morgan fingerprint density at radius 1 is 1.42 bits per heavy atom. The van der Waals surface area contributed by atoms with E-state index in [1.807, 2.05) is 30.0 Å². The highest BCUT2D eigenvalue weighted by Gasteiger charge is 2.15. The molecule has 1 aliphatic heterocycles. The lowest BCUT2D eigenvalue weighted by atomic mass is 10.1. The molecule has 0 spiro atoms. The largest absolute Gasteiger partial charge is 0.496 e. The monoisotopic (exact) mass is 343 g/mol. The van der Waals surface area contributed by atoms with Crippen molar-refractivity contribution in [1.82, 2.24) is 4.90 Å². The van der Waals surface area contributed by atoms with E-state index in [4.69, 9.17) is 4.74 Å². The topological polar surface area (TPSA) is 29.5 Å². The maximum Gasteiger partial charge on any atom is 0.176 e. The zero-order valence-electron chi connectivity index (χ0n) is 11.0. The van der Waals surface area contributed by atoms with Crippen molar-refractivity contribution in [1.29, 1.82) is 0 Å². The first kappa shape index (κ1) is 14.9. The van der Waals surface area contributed by atoms with Crippen LogP contribution in [0, 0.1) is 0 Å². The zero-order valence-corrected chi connectivity index (χ0v) is 13.4. The molecular formula is C14H18BrNO2S. The van der Waals surface area contributed by atoms with E-state index in [-0.39, 0.29) is 5.78 Å². The predicted molar refractivity (Wildman–Crippen MR) is 83.4 cm³/mol. The first-order valence-electron chi connectivity index (χ1n) is 6.37. The molecule has 5 heteroatoms. The predicted octanol–water partition coefficient (Wildman–Crippen LogP) is 3.08. The van der Waals surface area contributed by atoms with Crippen LogP contribution in [0.1, 0.15) is 16.8 Å². The Labute approximate surface area is 126 Å². The quantitative estimate of drug-likeness (QED) is 0.785. The summed E-state index contributed by atoms with van der Waals surface area (Å²) < 4.78 is 6.00. The van der Waals surface area contributed by atoms with Gasteiger partial charge in [0.1, 0.15) is 5.75 Å². The number of hydrogen-bond donors (Lipinski definition) is 0. The fraction of sp³-hybridized carbons (Fsp3) is 0.500. The average molecular weight is 344 g/mol. The molecule has 0 unspecified atom stereocenters. The van der Waals surface area contributed by atoms with Crippen molar-refractivity contribution in [2.75, 3.05) is 38.2 Å². The Bertz CT molecular complexity index is 445. The second-order valence-corrected chi connectivity index (χ2v) is 6.59. The van der Waals surface area contributed by atoms with E-state index in [0.29, 0.717) is 6.54 Å². The van der Waals surface area contributed by atoms with Crippen LogP contribution in [0.2, 0.25) is 0 Å². The second-order valence-electron chi connectivity index (χ2n) is 4.51. The molecule has 1 fully saturated rings. The Morgan fingerprint density at radius 3 is 3.00 bits per heavy atom. The van der Waals surface area contributed by atoms with Crippen molar-refractivity contribution in [2.45, 2.75) is 6.42 Å². The number of nitrogens with zero attached hydrogens (tertiary/aromatic N) is 1. The van der Waals surface area contributed by atoms with Crippen LogP contribution in [0.4, 0.5) is 0 Å². The molecule has 2 rings (SSSR count). The van der Waals surface area contributed by atoms with Crippen LogP contribution >= 0.6 is 27.7 Å². The van der Waals surface area contributed by atoms with E-state index in [0.717, 1.165) is 34.6 Å². The third-order valence-electron chi connectivity index (χ3n) is 3.16. The highest BCUT2D eigenvalue weighted by atomic mass is 79.9. The summed E-state index contributed by atoms with van der Waals surface area (Å²) in [4.78, 5) is 14.5. The molecule has 0 N–H and O–H groups in total. The van der Waals surface area contributed by atoms with Crippen LogP contribution in [0.5, 0.6) is 5.75 Å². The van der Waals surface area contributed by atoms with Gasteiger partial charge in [-0.05, 0) is 52.8 Å². The number of methoxy groups -OCH3 is 1. The van der Waals surface area contributed by atoms with Crippen LogP contribution < -0.4 is 4.74 Å². The summed E-state index contributed by atoms with van der Waals surface area (Å²) in [5.41, 5.74) is 0.740. The van der Waals surface area contributed by atoms with Crippen LogP contribution in [-0.4, -0.2) is 48.9 Å². The van der Waals surface area contributed by atoms with Gasteiger partial charge in [0.15, 0.2) is 5.78 Å². The van der Waals surface area contributed by atoms with E-state index in [9.17, 15) is 4.79 Å². The molecule has 104 valence electrons. The molecule has 0 aromatic heterocycles. The number of Topliss-reactive ketones (excluding diaryl/α,β-unsaturated/α-hetero) is 1. The molecule has 1 saturated heterocycles. The molecule has 1 aromatic rings. The van der Waals surface area contributed by atoms with E-state index in [2.05, 4.69) is 20.8 Å². The molecule has 0 atom stereocenters. The van der Waals surface area contributed by atoms with Crippen molar-refractivity contribution in [3.05, 3.63) is 28.2 Å². The number of carbonyl (C=O) groups is 1. The average Bonchev–Trinajstić information content (AvgIpc) is 2.67. The lowest BCUT2D eigenvalue weighted by Gasteiger charge is -2.18. The van der Waals surface area contributed by atoms with Gasteiger partial charge in [-0.25, -0.2) is 0 Å². The number of halogens is 1. The second kappa shape index (κ2) is 7.31. The van der Waals surface area contributed by atoms with Crippen LogP contribution in [0.3, 0.4) is 0 Å². The summed E-state index contributed by atoms with van der Waals surface area (Å²) in [5, 5.41) is 0. The molecule has 3 nitrogen and oxygen atoms in total. The summed E-state index contributed by atoms with van der Waals surface area (Å²) in [6.45, 7) is 2.54. The highest BCUT2D eigenvalue weighted by molar-refractivity contribution is 9.10. The minimum Gasteiger partial charge on any atom is -0.496 e. The first-order valence-corrected chi connectivity index (χ1v) is 8.32. The van der Waals surface area contributed by atoms with E-state index in [1.165, 1.54) is 12.2 Å². The maximum atomic E-state index is 12.3. The van der Waals surface area contributed by atoms with Crippen molar-refractivity contribution < 1.29 is 9.53 Å². The summed E-state index contributed by atoms with van der Waals surface area (Å²) >= 11 is 5.39. The van der Waals surface area contributed by atoms with Gasteiger partial charge in [0, 0.05) is 17.9 Å². The van der Waals surface area contributed by atoms with Gasteiger partial charge in [0.25, 0.3) is 0 Å². The summed E-state index contributed by atoms with van der Waals surface area (Å²) in [6.07, 6.45) is 1.17. The fourth-order valence-corrected chi connectivity index (χ4v) is 3.56. The Kier molecular flexibility index (Phi) is 5.73. The van der Waals surface area contributed by atoms with Gasteiger partial charge in [-0.15, -0.1) is 0 Å². The van der Waals surface area contributed by atoms with Crippen molar-refractivity contribution in [3.63, 3.8) is 0 Å². The highest BCUT2D eigenvalue weighted by Crippen LogP contribution is 2.25. The lowest BCUT2D eigenvalue weighted by Crippen LogP contribution is -2.31. The molecule has 0 aliphatic carbocycles. The standard InChI is InChI=1S/C14H18BrNO2S/c1-18-14-4-3-11(9-12(14)15)13(17)10-16-5-2-7-19-8-6-16/h3-4,9H,2,5-8,10H2,1H3. The molecule has 0 radical (unpaired) electrons. The van der Waals surface area contributed by atoms with Crippen molar-refractivity contribution in [3.8, 4) is 5.75 Å². The summed E-state index contributed by atoms with van der Waals surface area (Å²) in [7, 11) is 1.62. The van der Waals surface area contributed by atoms with Crippen molar-refractivity contribution >= 4 is 33.5 Å². The molecule has 1 aliphatic rings.